The van der Waals surface area contributed by atoms with Crippen molar-refractivity contribution < 1.29 is 36.3 Å². The van der Waals surface area contributed by atoms with Crippen molar-refractivity contribution in [2.45, 2.75) is 16.7 Å². The van der Waals surface area contributed by atoms with E-state index < -0.39 is 81.1 Å². The second-order valence-electron chi connectivity index (χ2n) is 8.97. The molecule has 3 aromatic rings. The van der Waals surface area contributed by atoms with E-state index >= 15 is 0 Å². The van der Waals surface area contributed by atoms with Crippen LogP contribution in [0.2, 0.25) is 15.1 Å². The summed E-state index contributed by atoms with van der Waals surface area (Å²) in [7, 11) is 0. The Labute approximate surface area is 259 Å². The molecule has 222 valence electrons. The van der Waals surface area contributed by atoms with E-state index in [1.54, 1.807) is 0 Å². The van der Waals surface area contributed by atoms with Crippen molar-refractivity contribution in [3.8, 4) is 0 Å². The van der Waals surface area contributed by atoms with E-state index in [0.717, 1.165) is 24.3 Å². The normalized spacial score (nSPS) is 17.1. The number of benzene rings is 3. The van der Waals surface area contributed by atoms with Crippen LogP contribution in [0.15, 0.2) is 42.5 Å². The Morgan fingerprint density at radius 3 is 2.12 bits per heavy atom. The number of halogens is 10. The van der Waals surface area contributed by atoms with Crippen molar-refractivity contribution in [2.75, 3.05) is 22.5 Å². The van der Waals surface area contributed by atoms with Gasteiger partial charge in [-0.05, 0) is 48.0 Å². The smallest absolute Gasteiger partial charge is 0.297 e. The van der Waals surface area contributed by atoms with E-state index in [1.807, 2.05) is 5.32 Å². The number of alkyl halides is 4. The Kier molecular flexibility index (Phi) is 9.49. The molecule has 0 spiro atoms. The lowest BCUT2D eigenvalue weighted by Gasteiger charge is -2.13. The number of hydrogen-bond acceptors (Lipinski definition) is 4. The molecule has 6 nitrogen and oxygen atoms in total. The molecule has 42 heavy (non-hydrogen) atoms. The number of rotatable bonds is 9. The molecular weight excluding hydrogens is 675 g/mol. The summed E-state index contributed by atoms with van der Waals surface area (Å²) >= 11 is 30.8. The zero-order chi connectivity index (χ0) is 31.1. The summed E-state index contributed by atoms with van der Waals surface area (Å²) in [5.41, 5.74) is -1.99. The maximum atomic E-state index is 14.8. The molecule has 1 saturated carbocycles. The Hall–Kier alpha value is -2.83. The van der Waals surface area contributed by atoms with E-state index in [0.29, 0.717) is 11.6 Å². The number of amides is 2. The molecule has 1 aliphatic carbocycles. The van der Waals surface area contributed by atoms with Gasteiger partial charge in [-0.25, -0.2) is 22.0 Å². The van der Waals surface area contributed by atoms with Crippen molar-refractivity contribution in [1.82, 2.24) is 0 Å². The van der Waals surface area contributed by atoms with Gasteiger partial charge >= 0.3 is 0 Å². The lowest BCUT2D eigenvalue weighted by atomic mass is 10.1. The predicted octanol–water partition coefficient (Wildman–Crippen LogP) is 8.09. The Morgan fingerprint density at radius 2 is 1.50 bits per heavy atom. The van der Waals surface area contributed by atoms with E-state index in [-0.39, 0.29) is 20.8 Å². The molecule has 0 bridgehead atoms. The number of Topliss-reactive ketones (excluding diaryl/α,β-unsaturated/α-hetero) is 1. The summed E-state index contributed by atoms with van der Waals surface area (Å²) in [6, 6.07) is 7.26. The summed E-state index contributed by atoms with van der Waals surface area (Å²) < 4.78 is 67.0. The summed E-state index contributed by atoms with van der Waals surface area (Å²) in [6.07, 6.45) is -3.32. The molecule has 0 unspecified atom stereocenters. The number of carbonyl (C=O) groups excluding carboxylic acids is 3. The zero-order valence-electron chi connectivity index (χ0n) is 20.5. The SMILES string of the molecule is O=C(Nc1c(F)ccc(NCC(=O)C(F)F)c1F)c1cc(NC(=O)[C@H]2[C@H](c3cc(Cl)c(Cl)c(Cl)c3)C2(Cl)Cl)ccc1F. The van der Waals surface area contributed by atoms with Crippen LogP contribution in [-0.2, 0) is 9.59 Å². The van der Waals surface area contributed by atoms with Gasteiger partial charge in [0.1, 0.15) is 21.7 Å². The highest BCUT2D eigenvalue weighted by Crippen LogP contribution is 2.65. The molecule has 0 radical (unpaired) electrons. The Balaban J connectivity index is 1.51. The van der Waals surface area contributed by atoms with Crippen LogP contribution in [0.4, 0.5) is 39.0 Å². The molecule has 2 amide bonds. The topological polar surface area (TPSA) is 87.3 Å². The molecule has 3 aromatic carbocycles. The standard InChI is InChI=1S/C26H15Cl5F5N3O3/c27-12-5-9(6-13(28)20(12)29)18-19(26(18,30)31)25(42)38-10-1-2-14(32)11(7-10)24(41)39-22-15(33)3-4-16(21(22)34)37-8-17(40)23(35)36/h1-7,18-19,23,37H,8H2,(H,38,42)(H,39,41)/t18-,19+/m0/s1. The molecule has 16 heteroatoms. The van der Waals surface area contributed by atoms with E-state index in [9.17, 15) is 36.3 Å². The maximum Gasteiger partial charge on any atom is 0.297 e. The van der Waals surface area contributed by atoms with Gasteiger partial charge in [-0.2, -0.15) is 0 Å². The fraction of sp³-hybridized carbons (Fsp3) is 0.192. The summed E-state index contributed by atoms with van der Waals surface area (Å²) in [5.74, 6) is -9.17. The third kappa shape index (κ3) is 6.55. The Morgan fingerprint density at radius 1 is 0.881 bits per heavy atom. The molecule has 0 saturated heterocycles. The van der Waals surface area contributed by atoms with Crippen LogP contribution in [0.5, 0.6) is 0 Å². The van der Waals surface area contributed by atoms with Crippen LogP contribution < -0.4 is 16.0 Å². The van der Waals surface area contributed by atoms with Crippen molar-refractivity contribution in [3.05, 3.63) is 86.1 Å². The first kappa shape index (κ1) is 32.1. The third-order valence-corrected chi connectivity index (χ3v) is 8.34. The van der Waals surface area contributed by atoms with Crippen LogP contribution in [0.25, 0.3) is 0 Å². The molecule has 0 aliphatic heterocycles. The van der Waals surface area contributed by atoms with E-state index in [1.165, 1.54) is 12.1 Å². The zero-order valence-corrected chi connectivity index (χ0v) is 24.3. The van der Waals surface area contributed by atoms with Crippen molar-refractivity contribution in [3.63, 3.8) is 0 Å². The summed E-state index contributed by atoms with van der Waals surface area (Å²) in [4.78, 5) is 36.9. The highest BCUT2D eigenvalue weighted by molar-refractivity contribution is 6.54. The monoisotopic (exact) mass is 687 g/mol. The Bertz CT molecular complexity index is 1580. The minimum atomic E-state index is -3.32. The van der Waals surface area contributed by atoms with E-state index in [4.69, 9.17) is 58.0 Å². The van der Waals surface area contributed by atoms with Crippen molar-refractivity contribution >= 4 is 92.7 Å². The average molecular weight is 690 g/mol. The molecule has 2 atom stereocenters. The van der Waals surface area contributed by atoms with Crippen LogP contribution in [0, 0.1) is 23.4 Å². The second-order valence-corrected chi connectivity index (χ2v) is 11.6. The van der Waals surface area contributed by atoms with Crippen molar-refractivity contribution in [1.29, 1.82) is 0 Å². The van der Waals surface area contributed by atoms with Gasteiger partial charge in [-0.15, -0.1) is 23.2 Å². The minimum Gasteiger partial charge on any atom is -0.375 e. The van der Waals surface area contributed by atoms with Crippen LogP contribution in [0.1, 0.15) is 21.8 Å². The van der Waals surface area contributed by atoms with Gasteiger partial charge in [0.25, 0.3) is 12.3 Å². The number of hydrogen-bond donors (Lipinski definition) is 3. The quantitative estimate of drug-likeness (QED) is 0.121. The molecule has 3 N–H and O–H groups in total. The first-order valence-electron chi connectivity index (χ1n) is 11.6. The van der Waals surface area contributed by atoms with E-state index in [2.05, 4.69) is 10.6 Å². The molecule has 4 rings (SSSR count). The highest BCUT2D eigenvalue weighted by Gasteiger charge is 2.67. The number of anilines is 3. The molecule has 0 heterocycles. The van der Waals surface area contributed by atoms with Gasteiger partial charge in [0.2, 0.25) is 11.7 Å². The van der Waals surface area contributed by atoms with Gasteiger partial charge in [0.05, 0.1) is 38.8 Å². The number of nitrogens with one attached hydrogen (secondary N) is 3. The lowest BCUT2D eigenvalue weighted by molar-refractivity contribution is -0.127. The van der Waals surface area contributed by atoms with Gasteiger partial charge in [-0.1, -0.05) is 34.8 Å². The molecule has 1 aliphatic rings. The van der Waals surface area contributed by atoms with Gasteiger partial charge in [0.15, 0.2) is 5.82 Å². The molecule has 1 fully saturated rings. The molecule has 0 aromatic heterocycles. The van der Waals surface area contributed by atoms with Crippen LogP contribution in [-0.4, -0.2) is 34.9 Å². The summed E-state index contributed by atoms with van der Waals surface area (Å²) in [6.45, 7) is -0.976. The fourth-order valence-electron chi connectivity index (χ4n) is 4.06. The predicted molar refractivity (Wildman–Crippen MR) is 151 cm³/mol. The highest BCUT2D eigenvalue weighted by atomic mass is 35.5. The summed E-state index contributed by atoms with van der Waals surface area (Å²) in [5, 5.41) is 6.72. The van der Waals surface area contributed by atoms with Crippen LogP contribution in [0.3, 0.4) is 0 Å². The first-order chi connectivity index (χ1) is 19.6. The maximum absolute atomic E-state index is 14.8. The van der Waals surface area contributed by atoms with Crippen LogP contribution >= 0.6 is 58.0 Å². The number of ketones is 1. The van der Waals surface area contributed by atoms with Gasteiger partial charge in [0, 0.05) is 11.6 Å². The average Bonchev–Trinajstić information content (AvgIpc) is 3.51. The largest absolute Gasteiger partial charge is 0.375 e. The first-order valence-corrected chi connectivity index (χ1v) is 13.5. The molecular formula is C26H15Cl5F5N3O3. The third-order valence-electron chi connectivity index (χ3n) is 6.21. The van der Waals surface area contributed by atoms with Crippen molar-refractivity contribution in [2.24, 2.45) is 5.92 Å². The fourth-order valence-corrected chi connectivity index (χ4v) is 5.50. The van der Waals surface area contributed by atoms with Gasteiger partial charge in [-0.3, -0.25) is 14.4 Å². The van der Waals surface area contributed by atoms with Gasteiger partial charge < -0.3 is 16.0 Å². The lowest BCUT2D eigenvalue weighted by Crippen LogP contribution is -2.22. The minimum absolute atomic E-state index is 0.0876. The second kappa shape index (κ2) is 12.4. The number of carbonyl (C=O) groups is 3.